The predicted octanol–water partition coefficient (Wildman–Crippen LogP) is 3.29. The van der Waals surface area contributed by atoms with Crippen molar-refractivity contribution in [1.29, 1.82) is 0 Å². The summed E-state index contributed by atoms with van der Waals surface area (Å²) in [6.07, 6.45) is 1.71. The fourth-order valence-corrected chi connectivity index (χ4v) is 3.79. The summed E-state index contributed by atoms with van der Waals surface area (Å²) in [7, 11) is 3.21. The van der Waals surface area contributed by atoms with Crippen molar-refractivity contribution >= 4 is 23.2 Å². The number of ether oxygens (including phenoxy) is 3. The van der Waals surface area contributed by atoms with Crippen molar-refractivity contribution in [3.05, 3.63) is 46.2 Å². The fourth-order valence-electron chi connectivity index (χ4n) is 3.16. The van der Waals surface area contributed by atoms with Crippen LogP contribution in [0.3, 0.4) is 0 Å². The number of thiophene rings is 1. The second-order valence-electron chi connectivity index (χ2n) is 5.94. The van der Waals surface area contributed by atoms with E-state index in [0.717, 1.165) is 18.4 Å². The molecule has 0 aliphatic carbocycles. The molecule has 0 unspecified atom stereocenters. The van der Waals surface area contributed by atoms with E-state index in [0.29, 0.717) is 23.6 Å². The molecule has 0 bridgehead atoms. The summed E-state index contributed by atoms with van der Waals surface area (Å²) < 4.78 is 15.9. The molecule has 0 radical (unpaired) electrons. The van der Waals surface area contributed by atoms with E-state index in [2.05, 4.69) is 0 Å². The van der Waals surface area contributed by atoms with E-state index in [9.17, 15) is 9.59 Å². The van der Waals surface area contributed by atoms with Crippen LogP contribution < -0.4 is 9.47 Å². The lowest BCUT2D eigenvalue weighted by molar-refractivity contribution is -0.135. The first-order valence-electron chi connectivity index (χ1n) is 8.34. The van der Waals surface area contributed by atoms with Crippen molar-refractivity contribution in [2.45, 2.75) is 18.9 Å². The van der Waals surface area contributed by atoms with Crippen LogP contribution in [0.2, 0.25) is 0 Å². The molecular formula is C19H21NO5S. The molecular weight excluding hydrogens is 354 g/mol. The highest BCUT2D eigenvalue weighted by atomic mass is 32.1. The van der Waals surface area contributed by atoms with Crippen molar-refractivity contribution < 1.29 is 23.8 Å². The van der Waals surface area contributed by atoms with Crippen LogP contribution in [0.4, 0.5) is 0 Å². The molecule has 1 atom stereocenters. The highest BCUT2D eigenvalue weighted by Gasteiger charge is 2.32. The van der Waals surface area contributed by atoms with Gasteiger partial charge in [-0.1, -0.05) is 0 Å². The lowest BCUT2D eigenvalue weighted by Gasteiger charge is -2.26. The zero-order chi connectivity index (χ0) is 18.5. The number of methoxy groups -OCH3 is 2. The van der Waals surface area contributed by atoms with Crippen molar-refractivity contribution in [3.63, 3.8) is 0 Å². The van der Waals surface area contributed by atoms with E-state index in [1.165, 1.54) is 11.3 Å². The number of esters is 1. The molecule has 1 aromatic heterocycles. The Balaban J connectivity index is 1.71. The summed E-state index contributed by atoms with van der Waals surface area (Å²) in [5.41, 5.74) is 1.37. The molecule has 0 spiro atoms. The molecule has 1 saturated heterocycles. The van der Waals surface area contributed by atoms with Gasteiger partial charge in [0, 0.05) is 17.5 Å². The van der Waals surface area contributed by atoms with Gasteiger partial charge >= 0.3 is 5.97 Å². The minimum atomic E-state index is -0.477. The van der Waals surface area contributed by atoms with Crippen LogP contribution in [0.5, 0.6) is 11.5 Å². The average molecular weight is 375 g/mol. The molecule has 0 N–H and O–H groups in total. The first-order valence-corrected chi connectivity index (χ1v) is 9.29. The first kappa shape index (κ1) is 18.3. The number of carbonyl (C=O) groups is 2. The molecule has 138 valence electrons. The lowest BCUT2D eigenvalue weighted by Crippen LogP contribution is -2.34. The molecule has 3 rings (SSSR count). The molecule has 1 aliphatic rings. The van der Waals surface area contributed by atoms with E-state index in [-0.39, 0.29) is 18.6 Å². The largest absolute Gasteiger partial charge is 0.497 e. The second kappa shape index (κ2) is 8.23. The summed E-state index contributed by atoms with van der Waals surface area (Å²) >= 11 is 1.41. The van der Waals surface area contributed by atoms with Crippen LogP contribution in [0.1, 0.15) is 34.8 Å². The van der Waals surface area contributed by atoms with Crippen LogP contribution in [0, 0.1) is 0 Å². The molecule has 1 aromatic carbocycles. The average Bonchev–Trinajstić information content (AvgIpc) is 3.37. The summed E-state index contributed by atoms with van der Waals surface area (Å²) in [4.78, 5) is 26.3. The van der Waals surface area contributed by atoms with Gasteiger partial charge in [-0.05, 0) is 42.5 Å². The quantitative estimate of drug-likeness (QED) is 0.725. The van der Waals surface area contributed by atoms with Crippen LogP contribution in [0.25, 0.3) is 0 Å². The van der Waals surface area contributed by atoms with Crippen molar-refractivity contribution in [2.75, 3.05) is 27.4 Å². The summed E-state index contributed by atoms with van der Waals surface area (Å²) in [6.45, 7) is 0.358. The summed E-state index contributed by atoms with van der Waals surface area (Å²) in [6, 6.07) is 7.12. The third kappa shape index (κ3) is 3.83. The van der Waals surface area contributed by atoms with Crippen LogP contribution in [0.15, 0.2) is 35.0 Å². The third-order valence-corrected chi connectivity index (χ3v) is 5.14. The number of carbonyl (C=O) groups excluding carboxylic acids is 2. The Hall–Kier alpha value is -2.54. The zero-order valence-corrected chi connectivity index (χ0v) is 15.6. The molecule has 6 nitrogen and oxygen atoms in total. The smallest absolute Gasteiger partial charge is 0.339 e. The highest BCUT2D eigenvalue weighted by molar-refractivity contribution is 7.08. The van der Waals surface area contributed by atoms with Gasteiger partial charge in [0.15, 0.2) is 6.61 Å². The molecule has 7 heteroatoms. The highest BCUT2D eigenvalue weighted by Crippen LogP contribution is 2.38. The molecule has 1 fully saturated rings. The predicted molar refractivity (Wildman–Crippen MR) is 97.8 cm³/mol. The van der Waals surface area contributed by atoms with Crippen molar-refractivity contribution in [2.24, 2.45) is 0 Å². The molecule has 2 aromatic rings. The SMILES string of the molecule is COc1ccc(OC)c([C@@H]2CCCN2C(=O)COC(=O)c2ccsc2)c1. The third-order valence-electron chi connectivity index (χ3n) is 4.45. The van der Waals surface area contributed by atoms with Gasteiger partial charge in [0.2, 0.25) is 0 Å². The van der Waals surface area contributed by atoms with E-state index < -0.39 is 5.97 Å². The van der Waals surface area contributed by atoms with Crippen molar-refractivity contribution in [1.82, 2.24) is 4.90 Å². The normalized spacial score (nSPS) is 16.4. The molecule has 1 aliphatic heterocycles. The number of hydrogen-bond acceptors (Lipinski definition) is 6. The number of hydrogen-bond donors (Lipinski definition) is 0. The topological polar surface area (TPSA) is 65.1 Å². The van der Waals surface area contributed by atoms with Gasteiger partial charge in [-0.3, -0.25) is 4.79 Å². The number of rotatable bonds is 6. The van der Waals surface area contributed by atoms with Gasteiger partial charge in [-0.2, -0.15) is 11.3 Å². The maximum atomic E-state index is 12.6. The first-order chi connectivity index (χ1) is 12.6. The standard InChI is InChI=1S/C19H21NO5S/c1-23-14-5-6-17(24-2)15(10-14)16-4-3-8-20(16)18(21)11-25-19(22)13-7-9-26-12-13/h5-7,9-10,12,16H,3-4,8,11H2,1-2H3/t16-/m0/s1. The number of benzene rings is 1. The Morgan fingerprint density at radius 2 is 2.08 bits per heavy atom. The zero-order valence-electron chi connectivity index (χ0n) is 14.8. The van der Waals surface area contributed by atoms with Gasteiger partial charge in [-0.15, -0.1) is 0 Å². The minimum Gasteiger partial charge on any atom is -0.497 e. The van der Waals surface area contributed by atoms with Crippen LogP contribution >= 0.6 is 11.3 Å². The van der Waals surface area contributed by atoms with Gasteiger partial charge in [-0.25, -0.2) is 4.79 Å². The van der Waals surface area contributed by atoms with Gasteiger partial charge < -0.3 is 19.1 Å². The van der Waals surface area contributed by atoms with Crippen molar-refractivity contribution in [3.8, 4) is 11.5 Å². The number of amides is 1. The Bertz CT molecular complexity index is 774. The van der Waals surface area contributed by atoms with E-state index >= 15 is 0 Å². The van der Waals surface area contributed by atoms with E-state index in [1.54, 1.807) is 35.9 Å². The maximum Gasteiger partial charge on any atom is 0.339 e. The maximum absolute atomic E-state index is 12.6. The second-order valence-corrected chi connectivity index (χ2v) is 6.72. The van der Waals surface area contributed by atoms with Gasteiger partial charge in [0.1, 0.15) is 11.5 Å². The van der Waals surface area contributed by atoms with E-state index in [1.807, 2.05) is 18.2 Å². The molecule has 26 heavy (non-hydrogen) atoms. The van der Waals surface area contributed by atoms with Crippen LogP contribution in [-0.2, 0) is 9.53 Å². The van der Waals surface area contributed by atoms with Gasteiger partial charge in [0.25, 0.3) is 5.91 Å². The molecule has 0 saturated carbocycles. The minimum absolute atomic E-state index is 0.118. The molecule has 1 amide bonds. The van der Waals surface area contributed by atoms with Crippen LogP contribution in [-0.4, -0.2) is 44.1 Å². The summed E-state index contributed by atoms with van der Waals surface area (Å²) in [5.74, 6) is 0.741. The Morgan fingerprint density at radius 1 is 1.23 bits per heavy atom. The summed E-state index contributed by atoms with van der Waals surface area (Å²) in [5, 5.41) is 3.50. The lowest BCUT2D eigenvalue weighted by atomic mass is 10.0. The number of nitrogens with zero attached hydrogens (tertiary/aromatic N) is 1. The molecule has 2 heterocycles. The Kier molecular flexibility index (Phi) is 5.78. The number of likely N-dealkylation sites (tertiary alicyclic amines) is 1. The Morgan fingerprint density at radius 3 is 2.77 bits per heavy atom. The fraction of sp³-hybridized carbons (Fsp3) is 0.368. The monoisotopic (exact) mass is 375 g/mol. The Labute approximate surface area is 156 Å². The van der Waals surface area contributed by atoms with E-state index in [4.69, 9.17) is 14.2 Å². The van der Waals surface area contributed by atoms with Gasteiger partial charge in [0.05, 0.1) is 25.8 Å².